The van der Waals surface area contributed by atoms with Gasteiger partial charge in [0.25, 0.3) is 0 Å². The monoisotopic (exact) mass is 180 g/mol. The number of halogens is 2. The van der Waals surface area contributed by atoms with Gasteiger partial charge in [-0.2, -0.15) is 0 Å². The molecule has 0 aliphatic rings. The Bertz CT molecular complexity index is 27.8. The zero-order valence-corrected chi connectivity index (χ0v) is 7.30. The molecule has 4 nitrogen and oxygen atoms in total. The predicted molar refractivity (Wildman–Crippen MR) is 47.2 cm³/mol. The normalized spacial score (nSPS) is 8.33. The average molecular weight is 181 g/mol. The third kappa shape index (κ3) is 59.3. The Hall–Kier alpha value is 0.420. The molecule has 9 heavy (non-hydrogen) atoms. The van der Waals surface area contributed by atoms with Gasteiger partial charge in [-0.25, -0.2) is 0 Å². The van der Waals surface area contributed by atoms with Crippen molar-refractivity contribution in [1.29, 1.82) is 0 Å². The molecule has 0 spiro atoms. The van der Waals surface area contributed by atoms with E-state index in [1.165, 1.54) is 0 Å². The molecule has 0 radical (unpaired) electrons. The zero-order chi connectivity index (χ0) is 4.28. The largest absolute Gasteiger partial charge is 0.344 e. The van der Waals surface area contributed by atoms with Crippen LogP contribution in [-0.2, 0) is 0 Å². The number of hydrogen-bond donors (Lipinski definition) is 4. The van der Waals surface area contributed by atoms with Gasteiger partial charge in [-0.05, 0) is 6.92 Å². The second-order valence-corrected chi connectivity index (χ2v) is 1.21. The molecule has 0 rings (SSSR count). The molecule has 10 N–H and O–H groups in total. The van der Waals surface area contributed by atoms with Crippen molar-refractivity contribution in [1.82, 2.24) is 12.3 Å². The van der Waals surface area contributed by atoms with Gasteiger partial charge in [0.1, 0.15) is 0 Å². The first-order chi connectivity index (χ1) is 2.27. The van der Waals surface area contributed by atoms with Gasteiger partial charge in [0.05, 0.1) is 0 Å². The van der Waals surface area contributed by atoms with Gasteiger partial charge >= 0.3 is 0 Å². The van der Waals surface area contributed by atoms with Gasteiger partial charge < -0.3 is 23.8 Å². The van der Waals surface area contributed by atoms with Crippen LogP contribution in [0.5, 0.6) is 0 Å². The van der Waals surface area contributed by atoms with Crippen molar-refractivity contribution in [3.63, 3.8) is 0 Å². The second kappa shape index (κ2) is 23.7. The summed E-state index contributed by atoms with van der Waals surface area (Å²) in [7, 11) is 0. The summed E-state index contributed by atoms with van der Waals surface area (Å²) in [4.78, 5) is 0. The summed E-state index contributed by atoms with van der Waals surface area (Å²) < 4.78 is 0. The van der Waals surface area contributed by atoms with Crippen molar-refractivity contribution in [2.45, 2.75) is 13.0 Å². The van der Waals surface area contributed by atoms with E-state index in [-0.39, 0.29) is 43.2 Å². The molecule has 1 unspecified atom stereocenters. The zero-order valence-electron chi connectivity index (χ0n) is 5.67. The Labute approximate surface area is 68.7 Å². The summed E-state index contributed by atoms with van der Waals surface area (Å²) in [6, 6.07) is 0.162. The molecule has 64 valence electrons. The standard InChI is InChI=1S/C3H10N2.2ClH.2H3N/c1-3(5)2-4;;;;/h3H,2,4-5H2,1H3;2*1H;2*1H3. The van der Waals surface area contributed by atoms with Crippen molar-refractivity contribution in [3.05, 3.63) is 0 Å². The van der Waals surface area contributed by atoms with Crippen LogP contribution in [0, 0.1) is 0 Å². The van der Waals surface area contributed by atoms with Crippen molar-refractivity contribution in [3.8, 4) is 0 Å². The van der Waals surface area contributed by atoms with Crippen LogP contribution in [0.1, 0.15) is 6.92 Å². The highest BCUT2D eigenvalue weighted by molar-refractivity contribution is 5.85. The summed E-state index contributed by atoms with van der Waals surface area (Å²) in [5.74, 6) is 0. The van der Waals surface area contributed by atoms with E-state index in [2.05, 4.69) is 0 Å². The molecule has 0 aromatic carbocycles. The lowest BCUT2D eigenvalue weighted by atomic mass is 10.4. The predicted octanol–water partition coefficient (Wildman–Crippen LogP) is 0.460. The first-order valence-corrected chi connectivity index (χ1v) is 1.73. The Kier molecular flexibility index (Phi) is 90.1. The summed E-state index contributed by atoms with van der Waals surface area (Å²) in [6.45, 7) is 2.46. The Morgan fingerprint density at radius 3 is 1.33 bits per heavy atom. The fourth-order valence-corrected chi connectivity index (χ4v) is 0. The lowest BCUT2D eigenvalue weighted by Gasteiger charge is -1.92. The Morgan fingerprint density at radius 1 is 1.22 bits per heavy atom. The maximum absolute atomic E-state index is 5.17. The molecule has 0 aliphatic carbocycles. The number of hydrogen-bond acceptors (Lipinski definition) is 4. The van der Waals surface area contributed by atoms with Crippen molar-refractivity contribution in [2.24, 2.45) is 11.5 Å². The van der Waals surface area contributed by atoms with Crippen molar-refractivity contribution >= 4 is 24.8 Å². The molecule has 0 saturated heterocycles. The van der Waals surface area contributed by atoms with Crippen LogP contribution in [0.15, 0.2) is 0 Å². The van der Waals surface area contributed by atoms with Crippen molar-refractivity contribution in [2.75, 3.05) is 6.54 Å². The van der Waals surface area contributed by atoms with Crippen LogP contribution in [0.25, 0.3) is 0 Å². The third-order valence-electron chi connectivity index (χ3n) is 0.372. The van der Waals surface area contributed by atoms with Gasteiger partial charge in [0.2, 0.25) is 0 Å². The van der Waals surface area contributed by atoms with Gasteiger partial charge in [-0.3, -0.25) is 0 Å². The van der Waals surface area contributed by atoms with E-state index in [0.29, 0.717) is 6.54 Å². The number of nitrogens with two attached hydrogens (primary N) is 2. The van der Waals surface area contributed by atoms with Crippen LogP contribution in [0.3, 0.4) is 0 Å². The SMILES string of the molecule is CC(N)CN.Cl.Cl.N.N. The Balaban J connectivity index is -0.0000000133. The summed E-state index contributed by atoms with van der Waals surface area (Å²) >= 11 is 0. The van der Waals surface area contributed by atoms with E-state index < -0.39 is 0 Å². The van der Waals surface area contributed by atoms with Crippen LogP contribution < -0.4 is 23.8 Å². The van der Waals surface area contributed by atoms with Crippen molar-refractivity contribution < 1.29 is 0 Å². The average Bonchev–Trinajstić information content (AvgIpc) is 1.38. The van der Waals surface area contributed by atoms with Gasteiger partial charge in [-0.15, -0.1) is 24.8 Å². The van der Waals surface area contributed by atoms with Gasteiger partial charge in [0, 0.05) is 12.6 Å². The summed E-state index contributed by atoms with van der Waals surface area (Å²) in [5, 5.41) is 0. The quantitative estimate of drug-likeness (QED) is 0.469. The van der Waals surface area contributed by atoms with Crippen LogP contribution in [0.2, 0.25) is 0 Å². The van der Waals surface area contributed by atoms with E-state index in [1.54, 1.807) is 0 Å². The maximum Gasteiger partial charge on any atom is 0.0134 e. The fraction of sp³-hybridized carbons (Fsp3) is 1.00. The molecule has 0 saturated carbocycles. The third-order valence-corrected chi connectivity index (χ3v) is 0.372. The molecular formula is C3H18Cl2N4. The van der Waals surface area contributed by atoms with E-state index in [0.717, 1.165) is 0 Å². The summed E-state index contributed by atoms with van der Waals surface area (Å²) in [5.41, 5.74) is 10.2. The van der Waals surface area contributed by atoms with Crippen LogP contribution >= 0.6 is 24.8 Å². The Morgan fingerprint density at radius 2 is 1.33 bits per heavy atom. The van der Waals surface area contributed by atoms with E-state index in [9.17, 15) is 0 Å². The lowest BCUT2D eigenvalue weighted by molar-refractivity contribution is 0.752. The molecular weight excluding hydrogens is 163 g/mol. The molecule has 0 aromatic rings. The fourth-order valence-electron chi connectivity index (χ4n) is 0. The van der Waals surface area contributed by atoms with Gasteiger partial charge in [0.15, 0.2) is 0 Å². The minimum atomic E-state index is 0. The topological polar surface area (TPSA) is 122 Å². The first-order valence-electron chi connectivity index (χ1n) is 1.73. The minimum absolute atomic E-state index is 0. The van der Waals surface area contributed by atoms with E-state index >= 15 is 0 Å². The molecule has 0 bridgehead atoms. The highest BCUT2D eigenvalue weighted by Crippen LogP contribution is 1.59. The summed E-state index contributed by atoms with van der Waals surface area (Å²) in [6.07, 6.45) is 0. The maximum atomic E-state index is 5.17. The molecule has 0 aromatic heterocycles. The van der Waals surface area contributed by atoms with Crippen LogP contribution in [0.4, 0.5) is 0 Å². The molecule has 0 amide bonds. The lowest BCUT2D eigenvalue weighted by Crippen LogP contribution is -2.25. The molecule has 0 fully saturated rings. The van der Waals surface area contributed by atoms with E-state index in [1.807, 2.05) is 6.92 Å². The molecule has 1 atom stereocenters. The number of rotatable bonds is 1. The highest BCUT2D eigenvalue weighted by atomic mass is 35.5. The minimum Gasteiger partial charge on any atom is -0.344 e. The first kappa shape index (κ1) is 34.2. The van der Waals surface area contributed by atoms with Crippen LogP contribution in [-0.4, -0.2) is 12.6 Å². The van der Waals surface area contributed by atoms with E-state index in [4.69, 9.17) is 11.5 Å². The van der Waals surface area contributed by atoms with Gasteiger partial charge in [-0.1, -0.05) is 0 Å². The molecule has 0 aliphatic heterocycles. The smallest absolute Gasteiger partial charge is 0.0134 e. The highest BCUT2D eigenvalue weighted by Gasteiger charge is 1.79. The molecule has 6 heteroatoms. The second-order valence-electron chi connectivity index (χ2n) is 1.21. The molecule has 0 heterocycles.